The summed E-state index contributed by atoms with van der Waals surface area (Å²) in [5.74, 6) is 0.386. The molecule has 1 aliphatic carbocycles. The Hall–Kier alpha value is -1.22. The standard InChI is InChI=1S/C16H22FNO/c1-12-5-4-10-16(11-12,18(2)3)15(19)13-6-8-14(17)9-7-13/h6-9,12H,4-5,10-11H2,1-3H3. The monoisotopic (exact) mass is 263 g/mol. The van der Waals surface area contributed by atoms with Gasteiger partial charge in [0.1, 0.15) is 5.82 Å². The highest BCUT2D eigenvalue weighted by Crippen LogP contribution is 2.38. The molecule has 0 heterocycles. The lowest BCUT2D eigenvalue weighted by molar-refractivity contribution is 0.0486. The van der Waals surface area contributed by atoms with Crippen LogP contribution in [0, 0.1) is 11.7 Å². The summed E-state index contributed by atoms with van der Waals surface area (Å²) >= 11 is 0. The van der Waals surface area contributed by atoms with Crippen molar-refractivity contribution in [3.05, 3.63) is 35.6 Å². The third-order valence-corrected chi connectivity index (χ3v) is 4.36. The summed E-state index contributed by atoms with van der Waals surface area (Å²) in [4.78, 5) is 14.9. The van der Waals surface area contributed by atoms with Crippen molar-refractivity contribution in [3.63, 3.8) is 0 Å². The van der Waals surface area contributed by atoms with Crippen LogP contribution in [0.15, 0.2) is 24.3 Å². The number of benzene rings is 1. The van der Waals surface area contributed by atoms with Crippen molar-refractivity contribution < 1.29 is 9.18 Å². The molecular formula is C16H22FNO. The van der Waals surface area contributed by atoms with Gasteiger partial charge in [0.05, 0.1) is 5.54 Å². The van der Waals surface area contributed by atoms with E-state index in [0.29, 0.717) is 11.5 Å². The van der Waals surface area contributed by atoms with Gasteiger partial charge in [-0.05, 0) is 57.1 Å². The van der Waals surface area contributed by atoms with E-state index >= 15 is 0 Å². The lowest BCUT2D eigenvalue weighted by atomic mass is 9.71. The van der Waals surface area contributed by atoms with Gasteiger partial charge in [0.25, 0.3) is 0 Å². The third-order valence-electron chi connectivity index (χ3n) is 4.36. The van der Waals surface area contributed by atoms with Crippen LogP contribution >= 0.6 is 0 Å². The fourth-order valence-electron chi connectivity index (χ4n) is 3.21. The van der Waals surface area contributed by atoms with Gasteiger partial charge in [-0.1, -0.05) is 19.8 Å². The number of likely N-dealkylation sites (N-methyl/N-ethyl adjacent to an activating group) is 1. The van der Waals surface area contributed by atoms with Gasteiger partial charge in [-0.25, -0.2) is 4.39 Å². The summed E-state index contributed by atoms with van der Waals surface area (Å²) in [6.45, 7) is 2.20. The molecule has 2 rings (SSSR count). The highest BCUT2D eigenvalue weighted by Gasteiger charge is 2.43. The number of halogens is 1. The molecule has 0 spiro atoms. The highest BCUT2D eigenvalue weighted by atomic mass is 19.1. The summed E-state index contributed by atoms with van der Waals surface area (Å²) in [6.07, 6.45) is 4.04. The number of hydrogen-bond donors (Lipinski definition) is 0. The van der Waals surface area contributed by atoms with Crippen molar-refractivity contribution in [2.75, 3.05) is 14.1 Å². The number of rotatable bonds is 3. The number of carbonyl (C=O) groups excluding carboxylic acids is 1. The molecule has 0 N–H and O–H groups in total. The van der Waals surface area contributed by atoms with Crippen LogP contribution in [0.25, 0.3) is 0 Å². The minimum absolute atomic E-state index is 0.129. The Morgan fingerprint density at radius 1 is 1.32 bits per heavy atom. The fourth-order valence-corrected chi connectivity index (χ4v) is 3.21. The Balaban J connectivity index is 2.33. The van der Waals surface area contributed by atoms with Crippen molar-refractivity contribution in [1.82, 2.24) is 4.90 Å². The fraction of sp³-hybridized carbons (Fsp3) is 0.562. The average Bonchev–Trinajstić information content (AvgIpc) is 2.38. The van der Waals surface area contributed by atoms with E-state index in [0.717, 1.165) is 19.3 Å². The molecule has 2 nitrogen and oxygen atoms in total. The molecule has 0 aliphatic heterocycles. The maximum Gasteiger partial charge on any atom is 0.183 e. The molecule has 3 heteroatoms. The Morgan fingerprint density at radius 2 is 1.95 bits per heavy atom. The van der Waals surface area contributed by atoms with Crippen LogP contribution in [0.5, 0.6) is 0 Å². The molecule has 0 saturated heterocycles. The summed E-state index contributed by atoms with van der Waals surface area (Å²) in [5.41, 5.74) is 0.194. The van der Waals surface area contributed by atoms with Crippen molar-refractivity contribution in [2.45, 2.75) is 38.1 Å². The van der Waals surface area contributed by atoms with Crippen molar-refractivity contribution in [3.8, 4) is 0 Å². The van der Waals surface area contributed by atoms with E-state index in [2.05, 4.69) is 6.92 Å². The van der Waals surface area contributed by atoms with E-state index in [1.54, 1.807) is 12.1 Å². The van der Waals surface area contributed by atoms with Crippen LogP contribution in [0.4, 0.5) is 4.39 Å². The molecule has 1 aliphatic rings. The van der Waals surface area contributed by atoms with E-state index in [9.17, 15) is 9.18 Å². The SMILES string of the molecule is CC1CCCC(C(=O)c2ccc(F)cc2)(N(C)C)C1. The molecule has 1 fully saturated rings. The first-order valence-electron chi connectivity index (χ1n) is 6.93. The van der Waals surface area contributed by atoms with E-state index < -0.39 is 5.54 Å². The van der Waals surface area contributed by atoms with E-state index in [1.807, 2.05) is 19.0 Å². The molecule has 0 bridgehead atoms. The van der Waals surface area contributed by atoms with Gasteiger partial charge in [-0.2, -0.15) is 0 Å². The number of nitrogens with zero attached hydrogens (tertiary/aromatic N) is 1. The van der Waals surface area contributed by atoms with Crippen LogP contribution in [-0.4, -0.2) is 30.3 Å². The van der Waals surface area contributed by atoms with Gasteiger partial charge in [0, 0.05) is 5.56 Å². The van der Waals surface area contributed by atoms with Crippen LogP contribution in [0.1, 0.15) is 43.0 Å². The van der Waals surface area contributed by atoms with Crippen molar-refractivity contribution >= 4 is 5.78 Å². The molecule has 104 valence electrons. The zero-order valence-electron chi connectivity index (χ0n) is 11.9. The summed E-state index contributed by atoms with van der Waals surface area (Å²) in [7, 11) is 3.94. The second-order valence-electron chi connectivity index (χ2n) is 5.96. The molecule has 2 unspecified atom stereocenters. The summed E-state index contributed by atoms with van der Waals surface area (Å²) in [6, 6.07) is 5.93. The second kappa shape index (κ2) is 5.41. The minimum Gasteiger partial charge on any atom is -0.297 e. The summed E-state index contributed by atoms with van der Waals surface area (Å²) in [5, 5.41) is 0. The smallest absolute Gasteiger partial charge is 0.183 e. The zero-order valence-corrected chi connectivity index (χ0v) is 11.9. The van der Waals surface area contributed by atoms with E-state index in [1.165, 1.54) is 18.6 Å². The molecule has 1 saturated carbocycles. The maximum atomic E-state index is 13.0. The number of carbonyl (C=O) groups is 1. The molecule has 2 atom stereocenters. The molecule has 19 heavy (non-hydrogen) atoms. The first-order chi connectivity index (χ1) is 8.95. The minimum atomic E-state index is -0.421. The van der Waals surface area contributed by atoms with E-state index in [-0.39, 0.29) is 11.6 Å². The van der Waals surface area contributed by atoms with Crippen molar-refractivity contribution in [1.29, 1.82) is 0 Å². The van der Waals surface area contributed by atoms with Gasteiger partial charge in [0.15, 0.2) is 5.78 Å². The van der Waals surface area contributed by atoms with Crippen LogP contribution in [0.2, 0.25) is 0 Å². The lowest BCUT2D eigenvalue weighted by Crippen LogP contribution is -2.53. The summed E-state index contributed by atoms with van der Waals surface area (Å²) < 4.78 is 13.0. The molecule has 0 radical (unpaired) electrons. The number of hydrogen-bond acceptors (Lipinski definition) is 2. The first kappa shape index (κ1) is 14.2. The average molecular weight is 263 g/mol. The van der Waals surface area contributed by atoms with Gasteiger partial charge >= 0.3 is 0 Å². The van der Waals surface area contributed by atoms with Crippen LogP contribution in [-0.2, 0) is 0 Å². The van der Waals surface area contributed by atoms with Gasteiger partial charge in [0.2, 0.25) is 0 Å². The molecule has 0 aromatic heterocycles. The maximum absolute atomic E-state index is 13.0. The van der Waals surface area contributed by atoms with Gasteiger partial charge in [-0.15, -0.1) is 0 Å². The Labute approximate surface area is 114 Å². The Bertz CT molecular complexity index is 454. The van der Waals surface area contributed by atoms with Crippen LogP contribution in [0.3, 0.4) is 0 Å². The Morgan fingerprint density at radius 3 is 2.47 bits per heavy atom. The largest absolute Gasteiger partial charge is 0.297 e. The number of Topliss-reactive ketones (excluding diaryl/α,β-unsaturated/α-hetero) is 1. The number of ketones is 1. The molecule has 0 amide bonds. The predicted molar refractivity (Wildman–Crippen MR) is 74.8 cm³/mol. The van der Waals surface area contributed by atoms with Crippen LogP contribution < -0.4 is 0 Å². The zero-order chi connectivity index (χ0) is 14.0. The normalized spacial score (nSPS) is 27.5. The lowest BCUT2D eigenvalue weighted by Gasteiger charge is -2.43. The predicted octanol–water partition coefficient (Wildman–Crippen LogP) is 3.52. The topological polar surface area (TPSA) is 20.3 Å². The van der Waals surface area contributed by atoms with Gasteiger partial charge in [-0.3, -0.25) is 9.69 Å². The third kappa shape index (κ3) is 2.71. The Kier molecular flexibility index (Phi) is 4.04. The quantitative estimate of drug-likeness (QED) is 0.778. The van der Waals surface area contributed by atoms with E-state index in [4.69, 9.17) is 0 Å². The molecule has 1 aromatic rings. The second-order valence-corrected chi connectivity index (χ2v) is 5.96. The van der Waals surface area contributed by atoms with Gasteiger partial charge < -0.3 is 0 Å². The molecular weight excluding hydrogens is 241 g/mol. The first-order valence-corrected chi connectivity index (χ1v) is 6.93. The molecule has 1 aromatic carbocycles. The highest BCUT2D eigenvalue weighted by molar-refractivity contribution is 6.03. The van der Waals surface area contributed by atoms with Crippen molar-refractivity contribution in [2.24, 2.45) is 5.92 Å².